The van der Waals surface area contributed by atoms with Crippen molar-refractivity contribution in [3.8, 4) is 11.8 Å². The number of amides is 1. The monoisotopic (exact) mass is 364 g/mol. The quantitative estimate of drug-likeness (QED) is 0.649. The number of carbonyl (C=O) groups excluding carboxylic acids is 2. The lowest BCUT2D eigenvalue weighted by molar-refractivity contribution is -0.255. The van der Waals surface area contributed by atoms with Gasteiger partial charge >= 0.3 is 0 Å². The van der Waals surface area contributed by atoms with Crippen LogP contribution in [-0.2, 0) is 4.79 Å². The van der Waals surface area contributed by atoms with Gasteiger partial charge in [-0.2, -0.15) is 5.26 Å². The van der Waals surface area contributed by atoms with Crippen LogP contribution in [-0.4, -0.2) is 22.5 Å². The number of aryl methyl sites for hydroxylation is 2. The number of hydrogen-bond acceptors (Lipinski definition) is 4. The number of aromatic nitrogens is 1. The molecule has 2 rings (SSSR count). The summed E-state index contributed by atoms with van der Waals surface area (Å²) in [7, 11) is 0. The smallest absolute Gasteiger partial charge is 0.262 e. The number of hydrogen-bond donors (Lipinski definition) is 1. The second-order valence-corrected chi connectivity index (χ2v) is 6.75. The largest absolute Gasteiger partial charge is 0.545 e. The van der Waals surface area contributed by atoms with E-state index in [0.717, 1.165) is 28.2 Å². The molecular weight excluding hydrogens is 342 g/mol. The number of carboxylic acid groups (broad SMARTS) is 1. The third kappa shape index (κ3) is 4.26. The van der Waals surface area contributed by atoms with E-state index in [1.807, 2.05) is 51.3 Å². The maximum absolute atomic E-state index is 12.1. The summed E-state index contributed by atoms with van der Waals surface area (Å²) >= 11 is 0. The van der Waals surface area contributed by atoms with Crippen molar-refractivity contribution in [1.29, 1.82) is 5.26 Å². The number of rotatable bonds is 5. The van der Waals surface area contributed by atoms with Crippen molar-refractivity contribution in [3.05, 3.63) is 57.9 Å². The van der Waals surface area contributed by atoms with Gasteiger partial charge in [0, 0.05) is 23.1 Å². The molecule has 0 bridgehead atoms. The molecule has 0 spiro atoms. The van der Waals surface area contributed by atoms with Crippen LogP contribution in [0.25, 0.3) is 11.8 Å². The molecule has 6 heteroatoms. The maximum Gasteiger partial charge on any atom is 0.262 e. The third-order valence-corrected chi connectivity index (χ3v) is 4.23. The topological polar surface area (TPSA) is 97.9 Å². The average Bonchev–Trinajstić information content (AvgIpc) is 2.85. The van der Waals surface area contributed by atoms with E-state index in [1.165, 1.54) is 6.07 Å². The minimum absolute atomic E-state index is 0.0352. The first-order valence-corrected chi connectivity index (χ1v) is 8.59. The maximum atomic E-state index is 12.1. The SMILES string of the molecule is Cc1cc(C(=O)[O-])ccc1-n1c(C)cc(/C=C(\C#N)C(=O)NC(C)C)c1C. The van der Waals surface area contributed by atoms with E-state index >= 15 is 0 Å². The number of benzene rings is 1. The standard InChI is InChI=1S/C21H23N3O3/c1-12(2)23-20(25)18(11-22)10-17-9-14(4)24(15(17)5)19-7-6-16(21(26)27)8-13(19)3/h6-10,12H,1-5H3,(H,23,25)(H,26,27)/p-1/b18-10+. The lowest BCUT2D eigenvalue weighted by atomic mass is 10.1. The number of nitrogens with one attached hydrogen (secondary N) is 1. The molecule has 27 heavy (non-hydrogen) atoms. The van der Waals surface area contributed by atoms with Gasteiger partial charge in [-0.25, -0.2) is 0 Å². The Labute approximate surface area is 158 Å². The summed E-state index contributed by atoms with van der Waals surface area (Å²) in [4.78, 5) is 23.2. The summed E-state index contributed by atoms with van der Waals surface area (Å²) in [5, 5.41) is 23.1. The van der Waals surface area contributed by atoms with Gasteiger partial charge in [0.25, 0.3) is 5.91 Å². The summed E-state index contributed by atoms with van der Waals surface area (Å²) in [5.41, 5.74) is 4.29. The van der Waals surface area contributed by atoms with E-state index in [9.17, 15) is 20.0 Å². The van der Waals surface area contributed by atoms with Crippen LogP contribution >= 0.6 is 0 Å². The minimum Gasteiger partial charge on any atom is -0.545 e. The van der Waals surface area contributed by atoms with Gasteiger partial charge < -0.3 is 19.8 Å². The summed E-state index contributed by atoms with van der Waals surface area (Å²) in [6.07, 6.45) is 1.57. The molecule has 0 atom stereocenters. The Balaban J connectivity index is 2.51. The van der Waals surface area contributed by atoms with E-state index in [4.69, 9.17) is 0 Å². The molecule has 0 aliphatic rings. The van der Waals surface area contributed by atoms with Crippen LogP contribution in [0.3, 0.4) is 0 Å². The van der Waals surface area contributed by atoms with Gasteiger partial charge in [-0.05, 0) is 75.6 Å². The second-order valence-electron chi connectivity index (χ2n) is 6.75. The predicted octanol–water partition coefficient (Wildman–Crippen LogP) is 2.20. The average molecular weight is 364 g/mol. The first-order valence-electron chi connectivity index (χ1n) is 8.59. The van der Waals surface area contributed by atoms with E-state index in [-0.39, 0.29) is 17.2 Å². The molecular formula is C21H22N3O3-. The zero-order valence-electron chi connectivity index (χ0n) is 16.1. The van der Waals surface area contributed by atoms with Gasteiger partial charge in [-0.1, -0.05) is 6.07 Å². The third-order valence-electron chi connectivity index (χ3n) is 4.23. The number of nitriles is 1. The number of aromatic carboxylic acids is 1. The molecule has 1 aromatic carbocycles. The summed E-state index contributed by atoms with van der Waals surface area (Å²) in [6.45, 7) is 9.29. The Kier molecular flexibility index (Phi) is 5.86. The van der Waals surface area contributed by atoms with Gasteiger partial charge in [0.15, 0.2) is 0 Å². The van der Waals surface area contributed by atoms with Gasteiger partial charge in [-0.3, -0.25) is 4.79 Å². The predicted molar refractivity (Wildman–Crippen MR) is 101 cm³/mol. The Bertz CT molecular complexity index is 975. The highest BCUT2D eigenvalue weighted by atomic mass is 16.4. The summed E-state index contributed by atoms with van der Waals surface area (Å²) in [5.74, 6) is -1.63. The normalized spacial score (nSPS) is 11.4. The molecule has 0 aliphatic heterocycles. The molecule has 1 aromatic heterocycles. The zero-order valence-corrected chi connectivity index (χ0v) is 16.1. The first-order chi connectivity index (χ1) is 12.6. The molecule has 2 aromatic rings. The zero-order chi connectivity index (χ0) is 20.3. The van der Waals surface area contributed by atoms with Gasteiger partial charge in [0.05, 0.1) is 5.97 Å². The van der Waals surface area contributed by atoms with Crippen molar-refractivity contribution in [2.45, 2.75) is 40.7 Å². The fourth-order valence-electron chi connectivity index (χ4n) is 2.98. The molecule has 0 saturated carbocycles. The lowest BCUT2D eigenvalue weighted by Gasteiger charge is -2.14. The number of carbonyl (C=O) groups is 2. The van der Waals surface area contributed by atoms with Crippen LogP contribution in [0.4, 0.5) is 0 Å². The fourth-order valence-corrected chi connectivity index (χ4v) is 2.98. The fraction of sp³-hybridized carbons (Fsp3) is 0.286. The van der Waals surface area contributed by atoms with Crippen LogP contribution in [0, 0.1) is 32.1 Å². The van der Waals surface area contributed by atoms with Crippen molar-refractivity contribution < 1.29 is 14.7 Å². The van der Waals surface area contributed by atoms with Gasteiger partial charge in [0.1, 0.15) is 11.6 Å². The lowest BCUT2D eigenvalue weighted by Crippen LogP contribution is -2.30. The Morgan fingerprint density at radius 3 is 2.41 bits per heavy atom. The van der Waals surface area contributed by atoms with Crippen molar-refractivity contribution in [2.24, 2.45) is 0 Å². The van der Waals surface area contributed by atoms with Crippen molar-refractivity contribution in [2.75, 3.05) is 0 Å². The molecule has 1 N–H and O–H groups in total. The van der Waals surface area contributed by atoms with E-state index in [0.29, 0.717) is 0 Å². The molecule has 140 valence electrons. The molecule has 0 fully saturated rings. The van der Waals surface area contributed by atoms with Crippen LogP contribution in [0.1, 0.15) is 46.7 Å². The van der Waals surface area contributed by atoms with Gasteiger partial charge in [0.2, 0.25) is 0 Å². The van der Waals surface area contributed by atoms with Crippen LogP contribution in [0.15, 0.2) is 29.8 Å². The highest BCUT2D eigenvalue weighted by Crippen LogP contribution is 2.25. The Morgan fingerprint density at radius 2 is 1.89 bits per heavy atom. The highest BCUT2D eigenvalue weighted by molar-refractivity contribution is 6.02. The molecule has 6 nitrogen and oxygen atoms in total. The second kappa shape index (κ2) is 7.92. The van der Waals surface area contributed by atoms with Gasteiger partial charge in [-0.15, -0.1) is 0 Å². The van der Waals surface area contributed by atoms with Crippen LogP contribution in [0.2, 0.25) is 0 Å². The minimum atomic E-state index is -1.22. The first kappa shape index (κ1) is 20.0. The highest BCUT2D eigenvalue weighted by Gasteiger charge is 2.15. The molecule has 0 saturated heterocycles. The van der Waals surface area contributed by atoms with E-state index < -0.39 is 11.9 Å². The molecule has 1 amide bonds. The number of nitrogens with zero attached hydrogens (tertiary/aromatic N) is 2. The Morgan fingerprint density at radius 1 is 1.22 bits per heavy atom. The van der Waals surface area contributed by atoms with Crippen LogP contribution < -0.4 is 10.4 Å². The van der Waals surface area contributed by atoms with Crippen molar-refractivity contribution >= 4 is 18.0 Å². The number of carboxylic acids is 1. The molecule has 0 unspecified atom stereocenters. The summed E-state index contributed by atoms with van der Waals surface area (Å²) in [6, 6.07) is 8.57. The van der Waals surface area contributed by atoms with Crippen molar-refractivity contribution in [3.63, 3.8) is 0 Å². The molecule has 0 aliphatic carbocycles. The molecule has 0 radical (unpaired) electrons. The molecule has 1 heterocycles. The van der Waals surface area contributed by atoms with E-state index in [2.05, 4.69) is 5.32 Å². The summed E-state index contributed by atoms with van der Waals surface area (Å²) < 4.78 is 1.97. The van der Waals surface area contributed by atoms with Crippen molar-refractivity contribution in [1.82, 2.24) is 9.88 Å². The van der Waals surface area contributed by atoms with Crippen LogP contribution in [0.5, 0.6) is 0 Å². The van der Waals surface area contributed by atoms with E-state index in [1.54, 1.807) is 18.2 Å². The Hall–Kier alpha value is -3.33.